The van der Waals surface area contributed by atoms with Gasteiger partial charge in [0.15, 0.2) is 0 Å². The summed E-state index contributed by atoms with van der Waals surface area (Å²) in [5.41, 5.74) is 4.29. The summed E-state index contributed by atoms with van der Waals surface area (Å²) < 4.78 is 1.56. The average Bonchev–Trinajstić information content (AvgIpc) is 3.07. The molecule has 3 rings (SSSR count). The highest BCUT2D eigenvalue weighted by Crippen LogP contribution is 2.19. The minimum absolute atomic E-state index is 0.169. The second kappa shape index (κ2) is 7.50. The molecule has 0 saturated carbocycles. The molecule has 124 valence electrons. The molecule has 0 spiro atoms. The smallest absolute Gasteiger partial charge is 0.273 e. The maximum Gasteiger partial charge on any atom is 0.273 e. The van der Waals surface area contributed by atoms with E-state index in [1.54, 1.807) is 24.0 Å². The van der Waals surface area contributed by atoms with E-state index in [0.717, 1.165) is 28.8 Å². The molecule has 0 unspecified atom stereocenters. The van der Waals surface area contributed by atoms with Crippen LogP contribution in [0.3, 0.4) is 0 Å². The third-order valence-corrected chi connectivity index (χ3v) is 3.91. The number of benzene rings is 2. The number of nitrogens with one attached hydrogen (secondary N) is 1. The lowest BCUT2D eigenvalue weighted by atomic mass is 10.1. The van der Waals surface area contributed by atoms with Crippen LogP contribution in [0.4, 0.5) is 5.69 Å². The van der Waals surface area contributed by atoms with Crippen LogP contribution in [-0.2, 0) is 13.5 Å². The standard InChI is InChI=1S/C21H19N3O/c1-3-18-15-17(10-9-16-7-5-4-6-8-16)11-12-19(18)23-21(25)20-13-14-22-24(20)2/h4-8,11-15H,3H2,1-2H3,(H,23,25). The first-order valence-corrected chi connectivity index (χ1v) is 8.16. The second-order valence-electron chi connectivity index (χ2n) is 5.64. The van der Waals surface area contributed by atoms with Crippen LogP contribution in [0.25, 0.3) is 0 Å². The first-order valence-electron chi connectivity index (χ1n) is 8.16. The molecule has 0 bridgehead atoms. The molecule has 0 saturated heterocycles. The van der Waals surface area contributed by atoms with Crippen LogP contribution < -0.4 is 5.32 Å². The van der Waals surface area contributed by atoms with Crippen molar-refractivity contribution in [3.8, 4) is 11.8 Å². The van der Waals surface area contributed by atoms with Gasteiger partial charge in [-0.25, -0.2) is 0 Å². The quantitative estimate of drug-likeness (QED) is 0.746. The van der Waals surface area contributed by atoms with Gasteiger partial charge < -0.3 is 5.32 Å². The zero-order chi connectivity index (χ0) is 17.6. The van der Waals surface area contributed by atoms with Gasteiger partial charge in [0, 0.05) is 30.1 Å². The Morgan fingerprint density at radius 2 is 1.84 bits per heavy atom. The van der Waals surface area contributed by atoms with E-state index in [4.69, 9.17) is 0 Å². The lowest BCUT2D eigenvalue weighted by molar-refractivity contribution is 0.101. The molecule has 3 aromatic rings. The molecule has 0 atom stereocenters. The fourth-order valence-electron chi connectivity index (χ4n) is 2.53. The third kappa shape index (κ3) is 3.96. The lowest BCUT2D eigenvalue weighted by Crippen LogP contribution is -2.17. The number of aryl methyl sites for hydroxylation is 2. The third-order valence-electron chi connectivity index (χ3n) is 3.91. The number of amides is 1. The molecular formula is C21H19N3O. The van der Waals surface area contributed by atoms with Gasteiger partial charge in [-0.2, -0.15) is 5.10 Å². The van der Waals surface area contributed by atoms with Gasteiger partial charge in [-0.3, -0.25) is 9.48 Å². The molecule has 0 aliphatic heterocycles. The van der Waals surface area contributed by atoms with Crippen molar-refractivity contribution in [3.63, 3.8) is 0 Å². The predicted molar refractivity (Wildman–Crippen MR) is 99.4 cm³/mol. The molecule has 1 amide bonds. The normalized spacial score (nSPS) is 10.0. The van der Waals surface area contributed by atoms with Crippen molar-refractivity contribution in [1.29, 1.82) is 0 Å². The summed E-state index contributed by atoms with van der Waals surface area (Å²) >= 11 is 0. The largest absolute Gasteiger partial charge is 0.320 e. The minimum atomic E-state index is -0.169. The Bertz CT molecular complexity index is 946. The number of hydrogen-bond donors (Lipinski definition) is 1. The van der Waals surface area contributed by atoms with Gasteiger partial charge in [0.25, 0.3) is 5.91 Å². The molecule has 1 heterocycles. The molecule has 0 aliphatic rings. The zero-order valence-corrected chi connectivity index (χ0v) is 14.3. The van der Waals surface area contributed by atoms with E-state index in [1.807, 2.05) is 48.5 Å². The van der Waals surface area contributed by atoms with Crippen molar-refractivity contribution < 1.29 is 4.79 Å². The molecule has 1 aromatic heterocycles. The Morgan fingerprint density at radius 3 is 2.52 bits per heavy atom. The zero-order valence-electron chi connectivity index (χ0n) is 14.3. The Morgan fingerprint density at radius 1 is 1.08 bits per heavy atom. The number of hydrogen-bond acceptors (Lipinski definition) is 2. The Labute approximate surface area is 147 Å². The molecule has 0 radical (unpaired) electrons. The first-order chi connectivity index (χ1) is 12.2. The van der Waals surface area contributed by atoms with Crippen LogP contribution in [0.15, 0.2) is 60.8 Å². The molecule has 0 fully saturated rings. The second-order valence-corrected chi connectivity index (χ2v) is 5.64. The minimum Gasteiger partial charge on any atom is -0.320 e. The number of carbonyl (C=O) groups excluding carboxylic acids is 1. The molecule has 4 heteroatoms. The highest BCUT2D eigenvalue weighted by molar-refractivity contribution is 6.03. The predicted octanol–water partition coefficient (Wildman–Crippen LogP) is 3.63. The van der Waals surface area contributed by atoms with Gasteiger partial charge >= 0.3 is 0 Å². The van der Waals surface area contributed by atoms with E-state index in [1.165, 1.54) is 0 Å². The first kappa shape index (κ1) is 16.5. The molecule has 2 aromatic carbocycles. The molecule has 1 N–H and O–H groups in total. The van der Waals surface area contributed by atoms with Crippen LogP contribution in [-0.4, -0.2) is 15.7 Å². The van der Waals surface area contributed by atoms with E-state index in [9.17, 15) is 4.79 Å². The van der Waals surface area contributed by atoms with Gasteiger partial charge in [0.2, 0.25) is 0 Å². The van der Waals surface area contributed by atoms with E-state index in [-0.39, 0.29) is 5.91 Å². The fraction of sp³-hybridized carbons (Fsp3) is 0.143. The van der Waals surface area contributed by atoms with Crippen LogP contribution in [0.2, 0.25) is 0 Å². The van der Waals surface area contributed by atoms with Crippen LogP contribution >= 0.6 is 0 Å². The number of anilines is 1. The summed E-state index contributed by atoms with van der Waals surface area (Å²) in [6.45, 7) is 2.06. The van der Waals surface area contributed by atoms with Gasteiger partial charge in [0.05, 0.1) is 0 Å². The van der Waals surface area contributed by atoms with E-state index in [0.29, 0.717) is 5.69 Å². The van der Waals surface area contributed by atoms with Crippen molar-refractivity contribution in [2.75, 3.05) is 5.32 Å². The summed E-state index contributed by atoms with van der Waals surface area (Å²) in [5.74, 6) is 6.16. The van der Waals surface area contributed by atoms with Gasteiger partial charge in [-0.1, -0.05) is 37.0 Å². The highest BCUT2D eigenvalue weighted by atomic mass is 16.2. The van der Waals surface area contributed by atoms with Crippen LogP contribution in [0, 0.1) is 11.8 Å². The number of aromatic nitrogens is 2. The van der Waals surface area contributed by atoms with E-state index < -0.39 is 0 Å². The molecule has 0 aliphatic carbocycles. The van der Waals surface area contributed by atoms with Crippen molar-refractivity contribution >= 4 is 11.6 Å². The molecule has 25 heavy (non-hydrogen) atoms. The van der Waals surface area contributed by atoms with Gasteiger partial charge in [-0.15, -0.1) is 0 Å². The summed E-state index contributed by atoms with van der Waals surface area (Å²) in [4.78, 5) is 12.4. The number of nitrogens with zero attached hydrogens (tertiary/aromatic N) is 2. The van der Waals surface area contributed by atoms with Crippen LogP contribution in [0.5, 0.6) is 0 Å². The van der Waals surface area contributed by atoms with Crippen molar-refractivity contribution in [1.82, 2.24) is 9.78 Å². The summed E-state index contributed by atoms with van der Waals surface area (Å²) in [6.07, 6.45) is 2.42. The highest BCUT2D eigenvalue weighted by Gasteiger charge is 2.12. The Balaban J connectivity index is 1.82. The topological polar surface area (TPSA) is 46.9 Å². The Hall–Kier alpha value is -3.32. The molecule has 4 nitrogen and oxygen atoms in total. The Kier molecular flexibility index (Phi) is 4.96. The van der Waals surface area contributed by atoms with Crippen molar-refractivity contribution in [2.24, 2.45) is 7.05 Å². The maximum atomic E-state index is 12.4. The lowest BCUT2D eigenvalue weighted by Gasteiger charge is -2.10. The van der Waals surface area contributed by atoms with Gasteiger partial charge in [-0.05, 0) is 48.4 Å². The van der Waals surface area contributed by atoms with Crippen molar-refractivity contribution in [3.05, 3.63) is 83.2 Å². The van der Waals surface area contributed by atoms with Crippen LogP contribution in [0.1, 0.15) is 34.1 Å². The summed E-state index contributed by atoms with van der Waals surface area (Å²) in [6, 6.07) is 17.4. The fourth-order valence-corrected chi connectivity index (χ4v) is 2.53. The summed E-state index contributed by atoms with van der Waals surface area (Å²) in [7, 11) is 1.75. The van der Waals surface area contributed by atoms with E-state index in [2.05, 4.69) is 29.2 Å². The number of rotatable bonds is 3. The maximum absolute atomic E-state index is 12.4. The molecular weight excluding hydrogens is 310 g/mol. The van der Waals surface area contributed by atoms with Gasteiger partial charge in [0.1, 0.15) is 5.69 Å². The monoisotopic (exact) mass is 329 g/mol. The van der Waals surface area contributed by atoms with E-state index >= 15 is 0 Å². The SMILES string of the molecule is CCc1cc(C#Cc2ccccc2)ccc1NC(=O)c1ccnn1C. The summed E-state index contributed by atoms with van der Waals surface area (Å²) in [5, 5.41) is 6.98. The van der Waals surface area contributed by atoms with Crippen molar-refractivity contribution in [2.45, 2.75) is 13.3 Å². The average molecular weight is 329 g/mol. The number of carbonyl (C=O) groups is 1.